The molecule has 0 amide bonds. The molecular formula is C7H5F3NY-. The standard InChI is InChI=1S/C7H5F3N.Y/c8-7(9,10)5-1-3-6(11)4-2-5;/h1-4,11H;/q-1;. The van der Waals surface area contributed by atoms with Crippen LogP contribution in [0.1, 0.15) is 5.56 Å². The Balaban J connectivity index is 0.00000121. The first-order valence-corrected chi connectivity index (χ1v) is 2.89. The first-order valence-electron chi connectivity index (χ1n) is 2.89. The van der Waals surface area contributed by atoms with E-state index in [1.54, 1.807) is 0 Å². The van der Waals surface area contributed by atoms with E-state index in [-0.39, 0.29) is 38.4 Å². The summed E-state index contributed by atoms with van der Waals surface area (Å²) in [6.45, 7) is 0. The molecule has 0 aliphatic rings. The number of rotatable bonds is 0. The molecule has 0 aromatic heterocycles. The van der Waals surface area contributed by atoms with Crippen molar-refractivity contribution >= 4 is 5.69 Å². The van der Waals surface area contributed by atoms with Crippen LogP contribution in [0, 0.1) is 0 Å². The molecule has 0 fully saturated rings. The molecule has 1 rings (SSSR count). The van der Waals surface area contributed by atoms with Gasteiger partial charge in [-0.3, -0.25) is 0 Å². The van der Waals surface area contributed by atoms with E-state index in [0.717, 1.165) is 24.3 Å². The van der Waals surface area contributed by atoms with Gasteiger partial charge in [-0.1, -0.05) is 24.3 Å². The quantitative estimate of drug-likeness (QED) is 0.673. The molecule has 1 radical (unpaired) electrons. The molecule has 0 bridgehead atoms. The molecular weight excluding hydrogens is 244 g/mol. The van der Waals surface area contributed by atoms with Crippen LogP contribution in [-0.2, 0) is 38.9 Å². The summed E-state index contributed by atoms with van der Waals surface area (Å²) in [6.07, 6.45) is -4.30. The van der Waals surface area contributed by atoms with E-state index in [1.807, 2.05) is 0 Å². The Morgan fingerprint density at radius 1 is 1.00 bits per heavy atom. The third-order valence-electron chi connectivity index (χ3n) is 1.21. The average Bonchev–Trinajstić information content (AvgIpc) is 1.86. The normalized spacial score (nSPS) is 10.6. The zero-order chi connectivity index (χ0) is 8.48. The number of halogens is 3. The molecule has 0 saturated heterocycles. The second-order valence-electron chi connectivity index (χ2n) is 2.08. The number of alkyl halides is 3. The number of benzene rings is 1. The van der Waals surface area contributed by atoms with Gasteiger partial charge < -0.3 is 5.73 Å². The van der Waals surface area contributed by atoms with Crippen molar-refractivity contribution in [2.24, 2.45) is 0 Å². The SMILES string of the molecule is [NH-]c1ccc(C(F)(F)F)cc1.[Y]. The van der Waals surface area contributed by atoms with Gasteiger partial charge in [-0.2, -0.15) is 13.2 Å². The molecule has 63 valence electrons. The largest absolute Gasteiger partial charge is 0.699 e. The van der Waals surface area contributed by atoms with Crippen molar-refractivity contribution in [3.05, 3.63) is 35.6 Å². The van der Waals surface area contributed by atoms with E-state index in [2.05, 4.69) is 0 Å². The summed E-state index contributed by atoms with van der Waals surface area (Å²) in [6, 6.07) is 4.01. The van der Waals surface area contributed by atoms with Crippen LogP contribution >= 0.6 is 0 Å². The summed E-state index contributed by atoms with van der Waals surface area (Å²) in [5.74, 6) is 0. The van der Waals surface area contributed by atoms with Crippen molar-refractivity contribution in [2.45, 2.75) is 6.18 Å². The molecule has 12 heavy (non-hydrogen) atoms. The summed E-state index contributed by atoms with van der Waals surface area (Å²) < 4.78 is 35.6. The monoisotopic (exact) mass is 249 g/mol. The van der Waals surface area contributed by atoms with Crippen molar-refractivity contribution in [3.8, 4) is 0 Å². The van der Waals surface area contributed by atoms with Gasteiger partial charge in [0.15, 0.2) is 0 Å². The topological polar surface area (TPSA) is 23.8 Å². The predicted molar refractivity (Wildman–Crippen MR) is 35.4 cm³/mol. The molecule has 0 aliphatic heterocycles. The Hall–Kier alpha value is -0.0861. The second kappa shape index (κ2) is 4.24. The van der Waals surface area contributed by atoms with Gasteiger partial charge in [-0.15, -0.1) is 5.69 Å². The molecule has 1 aromatic rings. The van der Waals surface area contributed by atoms with E-state index in [4.69, 9.17) is 5.73 Å². The van der Waals surface area contributed by atoms with Gasteiger partial charge in [-0.05, 0) is 0 Å². The molecule has 0 aliphatic carbocycles. The molecule has 0 atom stereocenters. The van der Waals surface area contributed by atoms with Crippen LogP contribution in [0.4, 0.5) is 18.9 Å². The fourth-order valence-electron chi connectivity index (χ4n) is 0.659. The minimum absolute atomic E-state index is 0. The van der Waals surface area contributed by atoms with Crippen LogP contribution in [0.3, 0.4) is 0 Å². The van der Waals surface area contributed by atoms with Gasteiger partial charge in [0, 0.05) is 32.7 Å². The van der Waals surface area contributed by atoms with E-state index in [1.165, 1.54) is 0 Å². The van der Waals surface area contributed by atoms with Crippen LogP contribution in [0.5, 0.6) is 0 Å². The Labute approximate surface area is 93.0 Å². The van der Waals surface area contributed by atoms with Gasteiger partial charge in [0.05, 0.1) is 5.56 Å². The summed E-state index contributed by atoms with van der Waals surface area (Å²) in [7, 11) is 0. The number of nitrogens with one attached hydrogen (secondary N) is 1. The van der Waals surface area contributed by atoms with Crippen LogP contribution in [-0.4, -0.2) is 0 Å². The third kappa shape index (κ3) is 3.11. The van der Waals surface area contributed by atoms with Crippen LogP contribution in [0.25, 0.3) is 5.73 Å². The van der Waals surface area contributed by atoms with Crippen molar-refractivity contribution in [3.63, 3.8) is 0 Å². The Morgan fingerprint density at radius 2 is 1.42 bits per heavy atom. The minimum Gasteiger partial charge on any atom is -0.699 e. The minimum atomic E-state index is -4.30. The van der Waals surface area contributed by atoms with E-state index in [0.29, 0.717) is 0 Å². The van der Waals surface area contributed by atoms with Crippen LogP contribution in [0.15, 0.2) is 24.3 Å². The molecule has 1 nitrogen and oxygen atoms in total. The fraction of sp³-hybridized carbons (Fsp3) is 0.143. The van der Waals surface area contributed by atoms with Gasteiger partial charge in [-0.25, -0.2) is 0 Å². The van der Waals surface area contributed by atoms with E-state index in [9.17, 15) is 13.2 Å². The molecule has 0 unspecified atom stereocenters. The predicted octanol–water partition coefficient (Wildman–Crippen LogP) is 3.39. The second-order valence-corrected chi connectivity index (χ2v) is 2.08. The average molecular weight is 249 g/mol. The maximum atomic E-state index is 11.9. The van der Waals surface area contributed by atoms with E-state index >= 15 is 0 Å². The number of hydrogen-bond acceptors (Lipinski definition) is 0. The van der Waals surface area contributed by atoms with Crippen molar-refractivity contribution in [1.29, 1.82) is 0 Å². The molecule has 0 heterocycles. The molecule has 1 N–H and O–H groups in total. The molecule has 1 aromatic carbocycles. The summed E-state index contributed by atoms with van der Waals surface area (Å²) >= 11 is 0. The third-order valence-corrected chi connectivity index (χ3v) is 1.21. The van der Waals surface area contributed by atoms with Gasteiger partial charge >= 0.3 is 6.18 Å². The van der Waals surface area contributed by atoms with Crippen LogP contribution in [0.2, 0.25) is 0 Å². The van der Waals surface area contributed by atoms with Gasteiger partial charge in [0.25, 0.3) is 0 Å². The van der Waals surface area contributed by atoms with Crippen LogP contribution < -0.4 is 0 Å². The summed E-state index contributed by atoms with van der Waals surface area (Å²) in [5.41, 5.74) is 6.30. The Bertz CT molecular complexity index is 242. The first kappa shape index (κ1) is 11.9. The maximum absolute atomic E-state index is 11.9. The molecule has 0 saturated carbocycles. The van der Waals surface area contributed by atoms with Crippen molar-refractivity contribution < 1.29 is 45.9 Å². The van der Waals surface area contributed by atoms with Gasteiger partial charge in [0.2, 0.25) is 0 Å². The maximum Gasteiger partial charge on any atom is 0.416 e. The molecule has 0 spiro atoms. The summed E-state index contributed by atoms with van der Waals surface area (Å²) in [5, 5.41) is 0. The van der Waals surface area contributed by atoms with Crippen molar-refractivity contribution in [1.82, 2.24) is 0 Å². The molecule has 5 heteroatoms. The smallest absolute Gasteiger partial charge is 0.416 e. The zero-order valence-corrected chi connectivity index (χ0v) is 8.86. The Kier molecular flexibility index (Phi) is 4.21. The van der Waals surface area contributed by atoms with Crippen molar-refractivity contribution in [2.75, 3.05) is 0 Å². The van der Waals surface area contributed by atoms with Gasteiger partial charge in [0.1, 0.15) is 0 Å². The van der Waals surface area contributed by atoms with E-state index < -0.39 is 11.7 Å². The Morgan fingerprint density at radius 3 is 1.75 bits per heavy atom. The number of hydrogen-bond donors (Lipinski definition) is 0. The fourth-order valence-corrected chi connectivity index (χ4v) is 0.659. The first-order chi connectivity index (χ1) is 5.00. The zero-order valence-electron chi connectivity index (χ0n) is 6.02. The summed E-state index contributed by atoms with van der Waals surface area (Å²) in [4.78, 5) is 0.